The predicted octanol–water partition coefficient (Wildman–Crippen LogP) is 2.49. The maximum absolute atomic E-state index is 5.63. The van der Waals surface area contributed by atoms with Gasteiger partial charge in [0.15, 0.2) is 0 Å². The molecule has 0 saturated carbocycles. The number of hydrogen-bond acceptors (Lipinski definition) is 3. The van der Waals surface area contributed by atoms with Crippen LogP contribution in [0.5, 0.6) is 0 Å². The molecule has 0 spiro atoms. The van der Waals surface area contributed by atoms with Crippen molar-refractivity contribution in [2.75, 3.05) is 20.2 Å². The zero-order chi connectivity index (χ0) is 14.4. The molecule has 106 valence electrons. The van der Waals surface area contributed by atoms with Crippen molar-refractivity contribution in [3.05, 3.63) is 34.9 Å². The molecule has 2 N–H and O–H groups in total. The smallest absolute Gasteiger partial charge is 0.103 e. The van der Waals surface area contributed by atoms with Gasteiger partial charge < -0.3 is 10.5 Å². The number of likely N-dealkylation sites (N-methyl/N-ethyl adjacent to an activating group) is 1. The van der Waals surface area contributed by atoms with E-state index in [2.05, 4.69) is 44.9 Å². The Morgan fingerprint density at radius 2 is 2.11 bits per heavy atom. The molecule has 1 aromatic rings. The van der Waals surface area contributed by atoms with E-state index in [0.29, 0.717) is 11.1 Å². The lowest BCUT2D eigenvalue weighted by Gasteiger charge is -2.19. The number of nitrogens with two attached hydrogens (primary N) is 1. The number of aryl methyl sites for hydroxylation is 1. The standard InChI is InChI=1S/C15H24N2OS/c1-11(2)18-8-7-17(4)10-14-6-5-13(15(16)19)9-12(14)3/h5-6,9,11H,7-8,10H2,1-4H3,(H2,16,19). The van der Waals surface area contributed by atoms with E-state index >= 15 is 0 Å². The van der Waals surface area contributed by atoms with Crippen LogP contribution in [0, 0.1) is 6.92 Å². The fourth-order valence-corrected chi connectivity index (χ4v) is 1.97. The number of nitrogens with zero attached hydrogens (tertiary/aromatic N) is 1. The van der Waals surface area contributed by atoms with Crippen LogP contribution >= 0.6 is 12.2 Å². The van der Waals surface area contributed by atoms with E-state index in [1.165, 1.54) is 11.1 Å². The van der Waals surface area contributed by atoms with E-state index in [-0.39, 0.29) is 0 Å². The number of thiocarbonyl (C=S) groups is 1. The lowest BCUT2D eigenvalue weighted by atomic mass is 10.0. The molecular weight excluding hydrogens is 256 g/mol. The van der Waals surface area contributed by atoms with E-state index in [4.69, 9.17) is 22.7 Å². The van der Waals surface area contributed by atoms with Crippen molar-refractivity contribution >= 4 is 17.2 Å². The van der Waals surface area contributed by atoms with Gasteiger partial charge in [0.2, 0.25) is 0 Å². The first-order valence-corrected chi connectivity index (χ1v) is 7.00. The van der Waals surface area contributed by atoms with E-state index in [1.807, 2.05) is 6.07 Å². The van der Waals surface area contributed by atoms with Gasteiger partial charge in [0.1, 0.15) is 4.99 Å². The Bertz CT molecular complexity index is 432. The summed E-state index contributed by atoms with van der Waals surface area (Å²) in [7, 11) is 2.10. The zero-order valence-corrected chi connectivity index (χ0v) is 13.1. The molecule has 0 fully saturated rings. The van der Waals surface area contributed by atoms with Crippen molar-refractivity contribution in [2.24, 2.45) is 5.73 Å². The molecule has 0 aliphatic rings. The molecule has 4 heteroatoms. The molecule has 0 amide bonds. The SMILES string of the molecule is Cc1cc(C(N)=S)ccc1CN(C)CCOC(C)C. The molecule has 19 heavy (non-hydrogen) atoms. The van der Waals surface area contributed by atoms with Crippen LogP contribution in [0.3, 0.4) is 0 Å². The van der Waals surface area contributed by atoms with Gasteiger partial charge in [-0.3, -0.25) is 4.90 Å². The normalized spacial score (nSPS) is 11.3. The second kappa shape index (κ2) is 7.58. The van der Waals surface area contributed by atoms with Gasteiger partial charge in [-0.15, -0.1) is 0 Å². The Hall–Kier alpha value is -0.970. The Kier molecular flexibility index (Phi) is 6.42. The molecule has 1 aromatic carbocycles. The lowest BCUT2D eigenvalue weighted by molar-refractivity contribution is 0.0627. The summed E-state index contributed by atoms with van der Waals surface area (Å²) in [5.74, 6) is 0. The molecule has 0 aliphatic heterocycles. The van der Waals surface area contributed by atoms with E-state index in [0.717, 1.165) is 25.3 Å². The van der Waals surface area contributed by atoms with Crippen LogP contribution in [0.4, 0.5) is 0 Å². The van der Waals surface area contributed by atoms with E-state index < -0.39 is 0 Å². The molecule has 0 unspecified atom stereocenters. The molecule has 0 atom stereocenters. The molecule has 3 nitrogen and oxygen atoms in total. The van der Waals surface area contributed by atoms with Crippen molar-refractivity contribution in [1.29, 1.82) is 0 Å². The predicted molar refractivity (Wildman–Crippen MR) is 84.5 cm³/mol. The van der Waals surface area contributed by atoms with Gasteiger partial charge in [-0.05, 0) is 45.0 Å². The summed E-state index contributed by atoms with van der Waals surface area (Å²) in [5.41, 5.74) is 9.09. The Labute approximate surface area is 121 Å². The van der Waals surface area contributed by atoms with Crippen molar-refractivity contribution in [2.45, 2.75) is 33.4 Å². The third-order valence-electron chi connectivity index (χ3n) is 2.99. The maximum Gasteiger partial charge on any atom is 0.103 e. The quantitative estimate of drug-likeness (QED) is 0.779. The first-order valence-electron chi connectivity index (χ1n) is 6.59. The maximum atomic E-state index is 5.63. The average Bonchev–Trinajstić information content (AvgIpc) is 2.31. The summed E-state index contributed by atoms with van der Waals surface area (Å²) in [6.45, 7) is 8.80. The zero-order valence-electron chi connectivity index (χ0n) is 12.3. The summed E-state index contributed by atoms with van der Waals surface area (Å²) in [4.78, 5) is 2.71. The van der Waals surface area contributed by atoms with Gasteiger partial charge in [-0.25, -0.2) is 0 Å². The molecule has 0 saturated heterocycles. The minimum atomic E-state index is 0.292. The minimum absolute atomic E-state index is 0.292. The molecule has 0 radical (unpaired) electrons. The van der Waals surface area contributed by atoms with Crippen molar-refractivity contribution in [3.8, 4) is 0 Å². The summed E-state index contributed by atoms with van der Waals surface area (Å²) in [6, 6.07) is 6.14. The highest BCUT2D eigenvalue weighted by Gasteiger charge is 2.06. The molecule has 1 rings (SSSR count). The van der Waals surface area contributed by atoms with Crippen LogP contribution in [0.15, 0.2) is 18.2 Å². The van der Waals surface area contributed by atoms with Crippen molar-refractivity contribution in [1.82, 2.24) is 4.90 Å². The molecular formula is C15H24N2OS. The van der Waals surface area contributed by atoms with Crippen LogP contribution in [0.2, 0.25) is 0 Å². The van der Waals surface area contributed by atoms with Crippen LogP contribution < -0.4 is 5.73 Å². The summed E-state index contributed by atoms with van der Waals surface area (Å²) in [5, 5.41) is 0. The molecule has 0 aliphatic carbocycles. The minimum Gasteiger partial charge on any atom is -0.389 e. The molecule has 0 aromatic heterocycles. The van der Waals surface area contributed by atoms with Gasteiger partial charge in [0.05, 0.1) is 12.7 Å². The van der Waals surface area contributed by atoms with Crippen molar-refractivity contribution in [3.63, 3.8) is 0 Å². The van der Waals surface area contributed by atoms with Crippen LogP contribution in [0.25, 0.3) is 0 Å². The number of benzene rings is 1. The Morgan fingerprint density at radius 1 is 1.42 bits per heavy atom. The van der Waals surface area contributed by atoms with Gasteiger partial charge >= 0.3 is 0 Å². The van der Waals surface area contributed by atoms with Crippen LogP contribution in [0.1, 0.15) is 30.5 Å². The average molecular weight is 280 g/mol. The van der Waals surface area contributed by atoms with Gasteiger partial charge in [0.25, 0.3) is 0 Å². The van der Waals surface area contributed by atoms with Crippen molar-refractivity contribution < 1.29 is 4.74 Å². The monoisotopic (exact) mass is 280 g/mol. The number of ether oxygens (including phenoxy) is 1. The largest absolute Gasteiger partial charge is 0.389 e. The first-order chi connectivity index (χ1) is 8.90. The van der Waals surface area contributed by atoms with E-state index in [1.54, 1.807) is 0 Å². The first kappa shape index (κ1) is 16.1. The summed E-state index contributed by atoms with van der Waals surface area (Å²) in [6.07, 6.45) is 0.292. The molecule has 0 heterocycles. The van der Waals surface area contributed by atoms with E-state index in [9.17, 15) is 0 Å². The van der Waals surface area contributed by atoms with Gasteiger partial charge in [0, 0.05) is 18.7 Å². The number of hydrogen-bond donors (Lipinski definition) is 1. The van der Waals surface area contributed by atoms with Gasteiger partial charge in [-0.2, -0.15) is 0 Å². The highest BCUT2D eigenvalue weighted by molar-refractivity contribution is 7.80. The van der Waals surface area contributed by atoms with Crippen LogP contribution in [-0.2, 0) is 11.3 Å². The van der Waals surface area contributed by atoms with Crippen LogP contribution in [-0.4, -0.2) is 36.2 Å². The van der Waals surface area contributed by atoms with Gasteiger partial charge in [-0.1, -0.05) is 24.4 Å². The fourth-order valence-electron chi connectivity index (χ4n) is 1.84. The number of rotatable bonds is 7. The Morgan fingerprint density at radius 3 is 2.63 bits per heavy atom. The third-order valence-corrected chi connectivity index (χ3v) is 3.23. The summed E-state index contributed by atoms with van der Waals surface area (Å²) < 4.78 is 5.56. The second-order valence-electron chi connectivity index (χ2n) is 5.16. The molecule has 0 bridgehead atoms. The topological polar surface area (TPSA) is 38.5 Å². The highest BCUT2D eigenvalue weighted by Crippen LogP contribution is 2.13. The lowest BCUT2D eigenvalue weighted by Crippen LogP contribution is -2.24. The second-order valence-corrected chi connectivity index (χ2v) is 5.60. The fraction of sp³-hybridized carbons (Fsp3) is 0.533. The highest BCUT2D eigenvalue weighted by atomic mass is 32.1. The third kappa shape index (κ3) is 5.68. The Balaban J connectivity index is 2.54. The summed E-state index contributed by atoms with van der Waals surface area (Å²) >= 11 is 4.99.